The fraction of sp³-hybridized carbons (Fsp3) is 0.500. The van der Waals surface area contributed by atoms with Crippen molar-refractivity contribution in [2.75, 3.05) is 40.6 Å². The molecule has 0 heterocycles. The molecule has 0 radical (unpaired) electrons. The number of thiocarbonyl (C=S) groups is 1. The molecule has 1 rings (SSSR count). The molecular formula is C14H21NO4S. The van der Waals surface area contributed by atoms with Gasteiger partial charge in [-0.25, -0.2) is 0 Å². The Morgan fingerprint density at radius 3 is 2.45 bits per heavy atom. The maximum absolute atomic E-state index is 5.61. The lowest BCUT2D eigenvalue weighted by atomic mass is 10.2. The van der Waals surface area contributed by atoms with Crippen molar-refractivity contribution >= 4 is 17.2 Å². The summed E-state index contributed by atoms with van der Waals surface area (Å²) in [6, 6.07) is 5.35. The number of benzene rings is 1. The molecule has 0 atom stereocenters. The number of rotatable bonds is 10. The maximum atomic E-state index is 5.61. The molecule has 0 saturated carbocycles. The van der Waals surface area contributed by atoms with Crippen molar-refractivity contribution in [2.45, 2.75) is 6.42 Å². The summed E-state index contributed by atoms with van der Waals surface area (Å²) >= 11 is 4.95. The Balaban J connectivity index is 2.39. The molecule has 0 amide bonds. The minimum absolute atomic E-state index is 0.310. The highest BCUT2D eigenvalue weighted by Crippen LogP contribution is 2.22. The predicted octanol–water partition coefficient (Wildman–Crippen LogP) is 1.76. The zero-order valence-corrected chi connectivity index (χ0v) is 12.7. The van der Waals surface area contributed by atoms with Gasteiger partial charge >= 0.3 is 0 Å². The molecule has 0 aliphatic rings. The van der Waals surface area contributed by atoms with Crippen LogP contribution in [0.1, 0.15) is 12.0 Å². The van der Waals surface area contributed by atoms with Gasteiger partial charge in [-0.2, -0.15) is 0 Å². The van der Waals surface area contributed by atoms with Gasteiger partial charge in [0, 0.05) is 32.0 Å². The minimum Gasteiger partial charge on any atom is -0.497 e. The zero-order chi connectivity index (χ0) is 14.8. The van der Waals surface area contributed by atoms with Gasteiger partial charge in [0.25, 0.3) is 0 Å². The van der Waals surface area contributed by atoms with E-state index in [1.165, 1.54) is 0 Å². The molecule has 1 aromatic rings. The Morgan fingerprint density at radius 2 is 1.80 bits per heavy atom. The van der Waals surface area contributed by atoms with Crippen LogP contribution in [0.4, 0.5) is 0 Å². The van der Waals surface area contributed by atoms with Crippen molar-refractivity contribution in [1.82, 2.24) is 0 Å². The first-order valence-electron chi connectivity index (χ1n) is 6.35. The fourth-order valence-electron chi connectivity index (χ4n) is 1.54. The van der Waals surface area contributed by atoms with Crippen molar-refractivity contribution in [3.63, 3.8) is 0 Å². The van der Waals surface area contributed by atoms with E-state index < -0.39 is 0 Å². The lowest BCUT2D eigenvalue weighted by Crippen LogP contribution is -2.11. The van der Waals surface area contributed by atoms with Crippen molar-refractivity contribution < 1.29 is 18.9 Å². The zero-order valence-electron chi connectivity index (χ0n) is 11.9. The van der Waals surface area contributed by atoms with Crippen LogP contribution in [0.15, 0.2) is 18.2 Å². The van der Waals surface area contributed by atoms with Gasteiger partial charge in [0.2, 0.25) is 0 Å². The van der Waals surface area contributed by atoms with E-state index in [-0.39, 0.29) is 0 Å². The molecule has 0 aliphatic heterocycles. The van der Waals surface area contributed by atoms with E-state index >= 15 is 0 Å². The molecule has 0 unspecified atom stereocenters. The van der Waals surface area contributed by atoms with Crippen LogP contribution in [-0.2, 0) is 9.47 Å². The molecule has 20 heavy (non-hydrogen) atoms. The SMILES string of the molecule is COCCCOCCOc1cc(OC)cc(C(N)=S)c1. The summed E-state index contributed by atoms with van der Waals surface area (Å²) in [5.74, 6) is 1.32. The number of ether oxygens (including phenoxy) is 4. The van der Waals surface area contributed by atoms with Gasteiger partial charge in [0.15, 0.2) is 0 Å². The van der Waals surface area contributed by atoms with Crippen LogP contribution < -0.4 is 15.2 Å². The first-order valence-corrected chi connectivity index (χ1v) is 6.76. The van der Waals surface area contributed by atoms with E-state index in [0.29, 0.717) is 42.9 Å². The third-order valence-corrected chi connectivity index (χ3v) is 2.77. The van der Waals surface area contributed by atoms with Crippen molar-refractivity contribution in [2.24, 2.45) is 5.73 Å². The molecule has 0 saturated heterocycles. The van der Waals surface area contributed by atoms with Gasteiger partial charge in [-0.1, -0.05) is 12.2 Å². The Morgan fingerprint density at radius 1 is 1.05 bits per heavy atom. The average molecular weight is 299 g/mol. The minimum atomic E-state index is 0.310. The van der Waals surface area contributed by atoms with Crippen LogP contribution in [0.5, 0.6) is 11.5 Å². The fourth-order valence-corrected chi connectivity index (χ4v) is 1.66. The summed E-state index contributed by atoms with van der Waals surface area (Å²) in [7, 11) is 3.26. The maximum Gasteiger partial charge on any atom is 0.123 e. The van der Waals surface area contributed by atoms with E-state index in [2.05, 4.69) is 0 Å². The van der Waals surface area contributed by atoms with Crippen LogP contribution >= 0.6 is 12.2 Å². The lowest BCUT2D eigenvalue weighted by molar-refractivity contribution is 0.0806. The van der Waals surface area contributed by atoms with Crippen LogP contribution in [0, 0.1) is 0 Å². The van der Waals surface area contributed by atoms with Crippen molar-refractivity contribution in [3.8, 4) is 11.5 Å². The molecular weight excluding hydrogens is 278 g/mol. The summed E-state index contributed by atoms with van der Waals surface area (Å²) in [4.78, 5) is 0.310. The number of hydrogen-bond donors (Lipinski definition) is 1. The molecule has 0 spiro atoms. The third kappa shape index (κ3) is 6.18. The van der Waals surface area contributed by atoms with Gasteiger partial charge < -0.3 is 24.7 Å². The highest BCUT2D eigenvalue weighted by atomic mass is 32.1. The Bertz CT molecular complexity index is 426. The summed E-state index contributed by atoms with van der Waals surface area (Å²) in [5.41, 5.74) is 6.33. The normalized spacial score (nSPS) is 10.3. The van der Waals surface area contributed by atoms with Crippen LogP contribution in [-0.4, -0.2) is 45.6 Å². The molecule has 0 aliphatic carbocycles. The number of nitrogens with two attached hydrogens (primary N) is 1. The van der Waals surface area contributed by atoms with E-state index in [1.54, 1.807) is 32.4 Å². The first kappa shape index (κ1) is 16.7. The standard InChI is InChI=1S/C14H21NO4S/c1-16-4-3-5-18-6-7-19-13-9-11(14(15)20)8-12(10-13)17-2/h8-10H,3-7H2,1-2H3,(H2,15,20). The van der Waals surface area contributed by atoms with Crippen LogP contribution in [0.2, 0.25) is 0 Å². The number of methoxy groups -OCH3 is 2. The molecule has 2 N–H and O–H groups in total. The van der Waals surface area contributed by atoms with Gasteiger partial charge in [0.1, 0.15) is 23.1 Å². The van der Waals surface area contributed by atoms with Gasteiger partial charge in [-0.15, -0.1) is 0 Å². The second kappa shape index (κ2) is 9.52. The van der Waals surface area contributed by atoms with E-state index in [9.17, 15) is 0 Å². The monoisotopic (exact) mass is 299 g/mol. The van der Waals surface area contributed by atoms with Crippen molar-refractivity contribution in [3.05, 3.63) is 23.8 Å². The second-order valence-electron chi connectivity index (χ2n) is 4.07. The molecule has 0 aromatic heterocycles. The Hall–Kier alpha value is -1.37. The summed E-state index contributed by atoms with van der Waals surface area (Å²) in [6.07, 6.45) is 0.876. The average Bonchev–Trinajstić information content (AvgIpc) is 2.46. The topological polar surface area (TPSA) is 62.9 Å². The molecule has 112 valence electrons. The van der Waals surface area contributed by atoms with E-state index in [4.69, 9.17) is 36.9 Å². The number of hydrogen-bond acceptors (Lipinski definition) is 5. The van der Waals surface area contributed by atoms with E-state index in [1.807, 2.05) is 0 Å². The second-order valence-corrected chi connectivity index (χ2v) is 4.51. The highest BCUT2D eigenvalue weighted by Gasteiger charge is 2.04. The summed E-state index contributed by atoms with van der Waals surface area (Å²) in [5, 5.41) is 0. The Kier molecular flexibility index (Phi) is 7.94. The summed E-state index contributed by atoms with van der Waals surface area (Å²) < 4.78 is 21.1. The predicted molar refractivity (Wildman–Crippen MR) is 81.7 cm³/mol. The van der Waals surface area contributed by atoms with E-state index in [0.717, 1.165) is 12.0 Å². The summed E-state index contributed by atoms with van der Waals surface area (Å²) in [6.45, 7) is 2.34. The lowest BCUT2D eigenvalue weighted by Gasteiger charge is -2.10. The molecule has 1 aromatic carbocycles. The molecule has 5 nitrogen and oxygen atoms in total. The molecule has 0 bridgehead atoms. The van der Waals surface area contributed by atoms with Crippen molar-refractivity contribution in [1.29, 1.82) is 0 Å². The smallest absolute Gasteiger partial charge is 0.123 e. The van der Waals surface area contributed by atoms with Gasteiger partial charge in [-0.3, -0.25) is 0 Å². The van der Waals surface area contributed by atoms with Crippen LogP contribution in [0.25, 0.3) is 0 Å². The molecule has 0 fully saturated rings. The third-order valence-electron chi connectivity index (χ3n) is 2.53. The quantitative estimate of drug-likeness (QED) is 0.525. The molecule has 6 heteroatoms. The highest BCUT2D eigenvalue weighted by molar-refractivity contribution is 7.80. The largest absolute Gasteiger partial charge is 0.497 e. The van der Waals surface area contributed by atoms with Gasteiger partial charge in [0.05, 0.1) is 13.7 Å². The Labute approximate surface area is 125 Å². The van der Waals surface area contributed by atoms with Crippen LogP contribution in [0.3, 0.4) is 0 Å². The van der Waals surface area contributed by atoms with Gasteiger partial charge in [-0.05, 0) is 18.6 Å². The first-order chi connectivity index (χ1) is 9.67.